The maximum atomic E-state index is 13.5. The second-order valence-electron chi connectivity index (χ2n) is 7.30. The van der Waals surface area contributed by atoms with Gasteiger partial charge in [-0.05, 0) is 66.9 Å². The number of methoxy groups -OCH3 is 1. The van der Waals surface area contributed by atoms with Crippen LogP contribution >= 0.6 is 11.6 Å². The minimum absolute atomic E-state index is 0.210. The summed E-state index contributed by atoms with van der Waals surface area (Å²) >= 11 is 6.26. The van der Waals surface area contributed by atoms with E-state index in [0.717, 1.165) is 11.1 Å². The van der Waals surface area contributed by atoms with E-state index in [4.69, 9.17) is 16.3 Å². The number of amides is 2. The van der Waals surface area contributed by atoms with Crippen LogP contribution in [0.15, 0.2) is 72.4 Å². The predicted molar refractivity (Wildman–Crippen MR) is 123 cm³/mol. The van der Waals surface area contributed by atoms with Crippen LogP contribution in [0.3, 0.4) is 0 Å². The summed E-state index contributed by atoms with van der Waals surface area (Å²) < 4.78 is 5.23. The maximum Gasteiger partial charge on any atom is 0.282 e. The molecule has 0 atom stereocenters. The van der Waals surface area contributed by atoms with Crippen molar-refractivity contribution in [3.63, 3.8) is 0 Å². The van der Waals surface area contributed by atoms with Gasteiger partial charge in [0.05, 0.1) is 18.4 Å². The highest BCUT2D eigenvalue weighted by Crippen LogP contribution is 2.35. The summed E-state index contributed by atoms with van der Waals surface area (Å²) in [4.78, 5) is 28.2. The normalized spacial score (nSPS) is 13.7. The van der Waals surface area contributed by atoms with Gasteiger partial charge in [0.2, 0.25) is 0 Å². The average molecular weight is 433 g/mol. The van der Waals surface area contributed by atoms with Gasteiger partial charge in [0, 0.05) is 10.7 Å². The lowest BCUT2D eigenvalue weighted by Crippen LogP contribution is -2.32. The average Bonchev–Trinajstić information content (AvgIpc) is 3.01. The van der Waals surface area contributed by atoms with Gasteiger partial charge in [-0.2, -0.15) is 0 Å². The van der Waals surface area contributed by atoms with Crippen molar-refractivity contribution in [2.24, 2.45) is 0 Å². The molecule has 2 amide bonds. The van der Waals surface area contributed by atoms with E-state index in [1.165, 1.54) is 4.90 Å². The molecule has 0 fully saturated rings. The van der Waals surface area contributed by atoms with Gasteiger partial charge in [-0.1, -0.05) is 41.9 Å². The molecule has 31 heavy (non-hydrogen) atoms. The van der Waals surface area contributed by atoms with E-state index < -0.39 is 5.91 Å². The summed E-state index contributed by atoms with van der Waals surface area (Å²) in [6.45, 7) is 3.78. The molecule has 1 heterocycles. The number of nitrogens with zero attached hydrogens (tertiary/aromatic N) is 1. The molecule has 5 nitrogen and oxygen atoms in total. The van der Waals surface area contributed by atoms with E-state index in [-0.39, 0.29) is 11.6 Å². The minimum atomic E-state index is -0.416. The van der Waals surface area contributed by atoms with Crippen molar-refractivity contribution in [2.75, 3.05) is 17.3 Å². The molecule has 0 aliphatic carbocycles. The van der Waals surface area contributed by atoms with Gasteiger partial charge in [-0.15, -0.1) is 0 Å². The lowest BCUT2D eigenvalue weighted by atomic mass is 10.0. The molecule has 4 rings (SSSR count). The first-order valence-corrected chi connectivity index (χ1v) is 10.1. The molecule has 6 heteroatoms. The number of hydrogen-bond donors (Lipinski definition) is 1. The van der Waals surface area contributed by atoms with Crippen molar-refractivity contribution in [1.82, 2.24) is 0 Å². The number of imide groups is 1. The Balaban J connectivity index is 1.85. The number of carbonyl (C=O) groups is 2. The third-order valence-corrected chi connectivity index (χ3v) is 5.66. The van der Waals surface area contributed by atoms with Gasteiger partial charge in [-0.25, -0.2) is 4.90 Å². The van der Waals surface area contributed by atoms with Crippen LogP contribution in [0.1, 0.15) is 16.7 Å². The molecule has 3 aromatic carbocycles. The molecule has 0 unspecified atom stereocenters. The number of nitrogens with one attached hydrogen (secondary N) is 1. The van der Waals surface area contributed by atoms with Gasteiger partial charge in [0.1, 0.15) is 11.4 Å². The van der Waals surface area contributed by atoms with Crippen molar-refractivity contribution in [3.05, 3.63) is 94.1 Å². The number of hydrogen-bond acceptors (Lipinski definition) is 4. The summed E-state index contributed by atoms with van der Waals surface area (Å²) in [7, 11) is 1.58. The summed E-state index contributed by atoms with van der Waals surface area (Å²) in [5, 5.41) is 3.75. The molecule has 0 aromatic heterocycles. The Hall–Kier alpha value is -3.57. The fourth-order valence-corrected chi connectivity index (χ4v) is 3.72. The molecular weight excluding hydrogens is 412 g/mol. The van der Waals surface area contributed by atoms with Crippen LogP contribution in [0, 0.1) is 13.8 Å². The lowest BCUT2D eigenvalue weighted by Gasteiger charge is -2.16. The highest BCUT2D eigenvalue weighted by Gasteiger charge is 2.40. The Morgan fingerprint density at radius 3 is 2.29 bits per heavy atom. The van der Waals surface area contributed by atoms with Crippen molar-refractivity contribution in [2.45, 2.75) is 13.8 Å². The molecule has 1 aliphatic rings. The molecule has 0 bridgehead atoms. The van der Waals surface area contributed by atoms with Gasteiger partial charge in [0.25, 0.3) is 11.8 Å². The fraction of sp³-hybridized carbons (Fsp3) is 0.120. The zero-order valence-electron chi connectivity index (χ0n) is 17.4. The third kappa shape index (κ3) is 3.80. The van der Waals surface area contributed by atoms with Gasteiger partial charge in [0.15, 0.2) is 0 Å². The molecule has 1 N–H and O–H groups in total. The van der Waals surface area contributed by atoms with E-state index in [1.54, 1.807) is 49.6 Å². The molecule has 0 spiro atoms. The first kappa shape index (κ1) is 20.7. The van der Waals surface area contributed by atoms with Crippen molar-refractivity contribution < 1.29 is 14.3 Å². The molecular formula is C25H21ClN2O3. The largest absolute Gasteiger partial charge is 0.497 e. The second-order valence-corrected chi connectivity index (χ2v) is 7.71. The first-order chi connectivity index (χ1) is 14.9. The van der Waals surface area contributed by atoms with Crippen molar-refractivity contribution in [1.29, 1.82) is 0 Å². The summed E-state index contributed by atoms with van der Waals surface area (Å²) in [5.74, 6) is -0.138. The minimum Gasteiger partial charge on any atom is -0.497 e. The number of anilines is 2. The van der Waals surface area contributed by atoms with E-state index in [1.807, 2.05) is 38.1 Å². The third-order valence-electron chi connectivity index (χ3n) is 5.25. The molecule has 3 aromatic rings. The number of ether oxygens (including phenoxy) is 1. The Morgan fingerprint density at radius 1 is 0.903 bits per heavy atom. The van der Waals surface area contributed by atoms with Crippen LogP contribution in [0.25, 0.3) is 5.57 Å². The Morgan fingerprint density at radius 2 is 1.61 bits per heavy atom. The zero-order valence-corrected chi connectivity index (χ0v) is 18.2. The quantitative estimate of drug-likeness (QED) is 0.551. The predicted octanol–water partition coefficient (Wildman–Crippen LogP) is 5.36. The smallest absolute Gasteiger partial charge is 0.282 e. The van der Waals surface area contributed by atoms with Crippen LogP contribution in [0.2, 0.25) is 5.02 Å². The standard InChI is InChI=1S/C25H21ClN2O3/c1-15-6-4-7-18(14-15)28-24(29)22(17-10-12-19(31-3)13-11-17)23(25(28)30)27-21-9-5-8-20(26)16(21)2/h4-14,27H,1-3H3. The van der Waals surface area contributed by atoms with E-state index in [0.29, 0.717) is 33.3 Å². The summed E-state index contributed by atoms with van der Waals surface area (Å²) in [5.41, 5.74) is 4.07. The van der Waals surface area contributed by atoms with E-state index in [2.05, 4.69) is 5.32 Å². The second kappa shape index (κ2) is 8.28. The molecule has 0 radical (unpaired) electrons. The van der Waals surface area contributed by atoms with Crippen LogP contribution in [-0.2, 0) is 9.59 Å². The maximum absolute atomic E-state index is 13.5. The number of halogens is 1. The van der Waals surface area contributed by atoms with Gasteiger partial charge < -0.3 is 10.1 Å². The Bertz CT molecular complexity index is 1220. The summed E-state index contributed by atoms with van der Waals surface area (Å²) in [6, 6.07) is 19.8. The Labute approximate surface area is 185 Å². The molecule has 1 aliphatic heterocycles. The number of benzene rings is 3. The van der Waals surface area contributed by atoms with Gasteiger partial charge >= 0.3 is 0 Å². The highest BCUT2D eigenvalue weighted by molar-refractivity contribution is 6.46. The Kier molecular flexibility index (Phi) is 5.53. The van der Waals surface area contributed by atoms with Crippen molar-refractivity contribution >= 4 is 40.4 Å². The van der Waals surface area contributed by atoms with E-state index in [9.17, 15) is 9.59 Å². The monoisotopic (exact) mass is 432 g/mol. The first-order valence-electron chi connectivity index (χ1n) is 9.77. The van der Waals surface area contributed by atoms with Crippen LogP contribution in [0.5, 0.6) is 5.75 Å². The fourth-order valence-electron chi connectivity index (χ4n) is 3.55. The number of rotatable bonds is 5. The lowest BCUT2D eigenvalue weighted by molar-refractivity contribution is -0.120. The number of aryl methyl sites for hydroxylation is 1. The SMILES string of the molecule is COc1ccc(C2=C(Nc3cccc(Cl)c3C)C(=O)N(c3cccc(C)c3)C2=O)cc1. The topological polar surface area (TPSA) is 58.6 Å². The van der Waals surface area contributed by atoms with Crippen LogP contribution in [-0.4, -0.2) is 18.9 Å². The van der Waals surface area contributed by atoms with Gasteiger partial charge in [-0.3, -0.25) is 9.59 Å². The van der Waals surface area contributed by atoms with E-state index >= 15 is 0 Å². The number of carbonyl (C=O) groups excluding carboxylic acids is 2. The van der Waals surface area contributed by atoms with Crippen molar-refractivity contribution in [3.8, 4) is 5.75 Å². The molecule has 0 saturated carbocycles. The zero-order chi connectivity index (χ0) is 22.1. The summed E-state index contributed by atoms with van der Waals surface area (Å²) in [6.07, 6.45) is 0. The van der Waals surface area contributed by atoms with Crippen LogP contribution < -0.4 is 15.0 Å². The molecule has 156 valence electrons. The van der Waals surface area contributed by atoms with Crippen LogP contribution in [0.4, 0.5) is 11.4 Å². The highest BCUT2D eigenvalue weighted by atomic mass is 35.5. The molecule has 0 saturated heterocycles.